The first-order valence-electron chi connectivity index (χ1n) is 7.09. The summed E-state index contributed by atoms with van der Waals surface area (Å²) in [5.41, 5.74) is 3.50. The van der Waals surface area contributed by atoms with Crippen LogP contribution in [0.15, 0.2) is 18.6 Å². The monoisotopic (exact) mass is 275 g/mol. The second-order valence-corrected chi connectivity index (χ2v) is 5.08. The summed E-state index contributed by atoms with van der Waals surface area (Å²) in [6.45, 7) is 7.49. The Morgan fingerprint density at radius 3 is 2.80 bits per heavy atom. The summed E-state index contributed by atoms with van der Waals surface area (Å²) in [5.74, 6) is 7.06. The SMILES string of the molecule is CCCN1CCN(c2nc(NN)cn3ccnc23)CC1. The number of hydrogen-bond donors (Lipinski definition) is 2. The number of aromatic nitrogens is 3. The molecule has 3 heterocycles. The summed E-state index contributed by atoms with van der Waals surface area (Å²) in [6.07, 6.45) is 6.75. The highest BCUT2D eigenvalue weighted by Gasteiger charge is 2.20. The molecular formula is C13H21N7. The van der Waals surface area contributed by atoms with Crippen LogP contribution in [-0.4, -0.2) is 52.0 Å². The van der Waals surface area contributed by atoms with Gasteiger partial charge in [0, 0.05) is 38.6 Å². The van der Waals surface area contributed by atoms with Crippen molar-refractivity contribution < 1.29 is 0 Å². The van der Waals surface area contributed by atoms with Gasteiger partial charge < -0.3 is 14.7 Å². The van der Waals surface area contributed by atoms with E-state index < -0.39 is 0 Å². The van der Waals surface area contributed by atoms with Crippen molar-refractivity contribution >= 4 is 17.3 Å². The van der Waals surface area contributed by atoms with Crippen LogP contribution in [0.4, 0.5) is 11.6 Å². The first-order valence-corrected chi connectivity index (χ1v) is 7.09. The molecule has 7 nitrogen and oxygen atoms in total. The molecule has 0 bridgehead atoms. The van der Waals surface area contributed by atoms with Crippen molar-refractivity contribution in [3.8, 4) is 0 Å². The van der Waals surface area contributed by atoms with Gasteiger partial charge in [-0.05, 0) is 13.0 Å². The number of rotatable bonds is 4. The molecule has 1 fully saturated rings. The maximum absolute atomic E-state index is 5.50. The molecule has 0 radical (unpaired) electrons. The predicted molar refractivity (Wildman–Crippen MR) is 79.7 cm³/mol. The molecule has 2 aromatic rings. The number of hydrazine groups is 1. The topological polar surface area (TPSA) is 74.7 Å². The molecule has 1 aliphatic rings. The van der Waals surface area contributed by atoms with E-state index in [-0.39, 0.29) is 0 Å². The van der Waals surface area contributed by atoms with Gasteiger partial charge in [-0.1, -0.05) is 6.92 Å². The van der Waals surface area contributed by atoms with E-state index in [0.717, 1.165) is 37.6 Å². The zero-order valence-corrected chi connectivity index (χ0v) is 11.8. The molecule has 2 aromatic heterocycles. The molecule has 3 rings (SSSR count). The minimum absolute atomic E-state index is 0.654. The van der Waals surface area contributed by atoms with E-state index in [0.29, 0.717) is 5.82 Å². The van der Waals surface area contributed by atoms with Crippen molar-refractivity contribution in [3.05, 3.63) is 18.6 Å². The number of fused-ring (bicyclic) bond motifs is 1. The van der Waals surface area contributed by atoms with Gasteiger partial charge >= 0.3 is 0 Å². The normalized spacial score (nSPS) is 16.8. The second-order valence-electron chi connectivity index (χ2n) is 5.08. The lowest BCUT2D eigenvalue weighted by atomic mass is 10.3. The average molecular weight is 275 g/mol. The van der Waals surface area contributed by atoms with Gasteiger partial charge in [0.25, 0.3) is 0 Å². The Balaban J connectivity index is 1.85. The summed E-state index contributed by atoms with van der Waals surface area (Å²) in [4.78, 5) is 13.8. The van der Waals surface area contributed by atoms with Gasteiger partial charge in [0.1, 0.15) is 0 Å². The Kier molecular flexibility index (Phi) is 3.70. The maximum Gasteiger partial charge on any atom is 0.180 e. The summed E-state index contributed by atoms with van der Waals surface area (Å²) < 4.78 is 1.95. The van der Waals surface area contributed by atoms with E-state index >= 15 is 0 Å². The minimum atomic E-state index is 0.654. The van der Waals surface area contributed by atoms with Crippen molar-refractivity contribution in [2.24, 2.45) is 5.84 Å². The van der Waals surface area contributed by atoms with Crippen LogP contribution in [0, 0.1) is 0 Å². The van der Waals surface area contributed by atoms with E-state index in [1.165, 1.54) is 13.0 Å². The van der Waals surface area contributed by atoms with E-state index in [4.69, 9.17) is 5.84 Å². The van der Waals surface area contributed by atoms with Crippen LogP contribution in [0.1, 0.15) is 13.3 Å². The van der Waals surface area contributed by atoms with Gasteiger partial charge in [0.05, 0.1) is 6.20 Å². The quantitative estimate of drug-likeness (QED) is 0.627. The number of hydrogen-bond acceptors (Lipinski definition) is 6. The van der Waals surface area contributed by atoms with E-state index in [1.807, 2.05) is 16.8 Å². The Hall–Kier alpha value is -1.86. The first kappa shape index (κ1) is 13.1. The minimum Gasteiger partial charge on any atom is -0.351 e. The number of nitrogen functional groups attached to an aromatic ring is 1. The summed E-state index contributed by atoms with van der Waals surface area (Å²) in [5, 5.41) is 0. The van der Waals surface area contributed by atoms with Crippen molar-refractivity contribution in [3.63, 3.8) is 0 Å². The third kappa shape index (κ3) is 2.41. The highest BCUT2D eigenvalue weighted by molar-refractivity contribution is 5.66. The van der Waals surface area contributed by atoms with Crippen molar-refractivity contribution in [1.29, 1.82) is 0 Å². The number of anilines is 2. The molecule has 7 heteroatoms. The maximum atomic E-state index is 5.50. The number of piperazine rings is 1. The van der Waals surface area contributed by atoms with Crippen LogP contribution in [-0.2, 0) is 0 Å². The lowest BCUT2D eigenvalue weighted by Crippen LogP contribution is -2.47. The lowest BCUT2D eigenvalue weighted by Gasteiger charge is -2.35. The molecule has 0 amide bonds. The highest BCUT2D eigenvalue weighted by atomic mass is 15.3. The Morgan fingerprint density at radius 1 is 1.30 bits per heavy atom. The smallest absolute Gasteiger partial charge is 0.180 e. The van der Waals surface area contributed by atoms with Gasteiger partial charge in [-0.15, -0.1) is 0 Å². The third-order valence-electron chi connectivity index (χ3n) is 3.72. The fraction of sp³-hybridized carbons (Fsp3) is 0.538. The van der Waals surface area contributed by atoms with Crippen molar-refractivity contribution in [1.82, 2.24) is 19.3 Å². The first-order chi connectivity index (χ1) is 9.81. The number of imidazole rings is 1. The molecule has 3 N–H and O–H groups in total. The number of nitrogens with zero attached hydrogens (tertiary/aromatic N) is 5. The molecule has 20 heavy (non-hydrogen) atoms. The molecule has 0 aromatic carbocycles. The van der Waals surface area contributed by atoms with Crippen LogP contribution in [0.3, 0.4) is 0 Å². The summed E-state index contributed by atoms with van der Waals surface area (Å²) in [7, 11) is 0. The highest BCUT2D eigenvalue weighted by Crippen LogP contribution is 2.21. The molecule has 0 aliphatic carbocycles. The standard InChI is InChI=1S/C13H21N7/c1-2-4-18-6-8-19(9-7-18)13-12-15-3-5-20(12)10-11(16-13)17-14/h3,5,10,17H,2,4,6-9,14H2,1H3. The number of nitrogens with two attached hydrogens (primary N) is 1. The molecular weight excluding hydrogens is 254 g/mol. The van der Waals surface area contributed by atoms with E-state index in [9.17, 15) is 0 Å². The lowest BCUT2D eigenvalue weighted by molar-refractivity contribution is 0.258. The van der Waals surface area contributed by atoms with E-state index in [1.54, 1.807) is 6.20 Å². The van der Waals surface area contributed by atoms with Gasteiger partial charge in [0.2, 0.25) is 0 Å². The van der Waals surface area contributed by atoms with Gasteiger partial charge in [-0.3, -0.25) is 4.90 Å². The Labute approximate surface area is 118 Å². The largest absolute Gasteiger partial charge is 0.351 e. The third-order valence-corrected chi connectivity index (χ3v) is 3.72. The fourth-order valence-corrected chi connectivity index (χ4v) is 2.70. The molecule has 1 saturated heterocycles. The van der Waals surface area contributed by atoms with Crippen LogP contribution < -0.4 is 16.2 Å². The van der Waals surface area contributed by atoms with Gasteiger partial charge in [-0.2, -0.15) is 0 Å². The predicted octanol–water partition coefficient (Wildman–Crippen LogP) is 0.547. The van der Waals surface area contributed by atoms with Gasteiger partial charge in [0.15, 0.2) is 17.3 Å². The number of nitrogens with one attached hydrogen (secondary N) is 1. The van der Waals surface area contributed by atoms with Crippen molar-refractivity contribution in [2.75, 3.05) is 43.0 Å². The average Bonchev–Trinajstić information content (AvgIpc) is 2.95. The zero-order chi connectivity index (χ0) is 13.9. The summed E-state index contributed by atoms with van der Waals surface area (Å²) in [6, 6.07) is 0. The molecule has 108 valence electrons. The fourth-order valence-electron chi connectivity index (χ4n) is 2.70. The van der Waals surface area contributed by atoms with Crippen LogP contribution in [0.25, 0.3) is 5.65 Å². The van der Waals surface area contributed by atoms with Crippen LogP contribution in [0.5, 0.6) is 0 Å². The van der Waals surface area contributed by atoms with Gasteiger partial charge in [-0.25, -0.2) is 15.8 Å². The molecule has 0 atom stereocenters. The molecule has 0 unspecified atom stereocenters. The van der Waals surface area contributed by atoms with Crippen LogP contribution in [0.2, 0.25) is 0 Å². The Morgan fingerprint density at radius 2 is 2.10 bits per heavy atom. The summed E-state index contributed by atoms with van der Waals surface area (Å²) >= 11 is 0. The second kappa shape index (κ2) is 5.64. The van der Waals surface area contributed by atoms with E-state index in [2.05, 4.69) is 32.1 Å². The van der Waals surface area contributed by atoms with Crippen LogP contribution >= 0.6 is 0 Å². The molecule has 1 aliphatic heterocycles. The molecule has 0 saturated carbocycles. The Bertz CT molecular complexity index is 571. The zero-order valence-electron chi connectivity index (χ0n) is 11.8. The molecule has 0 spiro atoms. The van der Waals surface area contributed by atoms with Crippen molar-refractivity contribution in [2.45, 2.75) is 13.3 Å².